The number of fused-ring (bicyclic) bond motifs is 2. The van der Waals surface area contributed by atoms with E-state index in [1.54, 1.807) is 11.0 Å². The molecule has 1 aliphatic heterocycles. The van der Waals surface area contributed by atoms with Crippen LogP contribution in [-0.2, 0) is 14.9 Å². The van der Waals surface area contributed by atoms with Crippen LogP contribution < -0.4 is 0 Å². The highest BCUT2D eigenvalue weighted by atomic mass is 19.1. The zero-order chi connectivity index (χ0) is 18.4. The first kappa shape index (κ1) is 17.7. The van der Waals surface area contributed by atoms with Gasteiger partial charge in [0.25, 0.3) is 5.91 Å². The van der Waals surface area contributed by atoms with E-state index in [2.05, 4.69) is 31.7 Å². The van der Waals surface area contributed by atoms with E-state index >= 15 is 0 Å². The Labute approximate surface area is 155 Å². The first-order chi connectivity index (χ1) is 12.5. The van der Waals surface area contributed by atoms with Crippen molar-refractivity contribution in [3.05, 3.63) is 47.5 Å². The zero-order valence-corrected chi connectivity index (χ0v) is 15.6. The molecule has 1 saturated carbocycles. The average Bonchev–Trinajstić information content (AvgIpc) is 2.91. The van der Waals surface area contributed by atoms with Crippen LogP contribution in [-0.4, -0.2) is 36.2 Å². The number of aryl methyl sites for hydroxylation is 1. The van der Waals surface area contributed by atoms with Gasteiger partial charge in [0, 0.05) is 18.5 Å². The number of hydrogen-bond donors (Lipinski definition) is 0. The zero-order valence-electron chi connectivity index (χ0n) is 15.6. The van der Waals surface area contributed by atoms with Crippen molar-refractivity contribution in [3.63, 3.8) is 0 Å². The lowest BCUT2D eigenvalue weighted by atomic mass is 9.72. The molecular weight excluding hydrogens is 329 g/mol. The third kappa shape index (κ3) is 2.79. The van der Waals surface area contributed by atoms with E-state index in [-0.39, 0.29) is 17.4 Å². The topological polar surface area (TPSA) is 29.5 Å². The minimum absolute atomic E-state index is 0.0487. The summed E-state index contributed by atoms with van der Waals surface area (Å²) in [5.41, 5.74) is 2.37. The number of alkyl halides is 1. The number of rotatable bonds is 4. The summed E-state index contributed by atoms with van der Waals surface area (Å²) in [5, 5.41) is 0. The maximum atomic E-state index is 14.5. The summed E-state index contributed by atoms with van der Waals surface area (Å²) < 4.78 is 20.6. The molecule has 1 saturated heterocycles. The number of piperidine rings is 1. The molecule has 2 aliphatic carbocycles. The molecule has 1 amide bonds. The molecule has 2 fully saturated rings. The number of hydrogen-bond acceptors (Lipinski definition) is 2. The van der Waals surface area contributed by atoms with Crippen molar-refractivity contribution in [2.24, 2.45) is 0 Å². The van der Waals surface area contributed by atoms with Crippen molar-refractivity contribution in [1.82, 2.24) is 4.90 Å². The Kier molecular flexibility index (Phi) is 4.42. The molecular formula is C22H28FNO2. The summed E-state index contributed by atoms with van der Waals surface area (Å²) >= 11 is 0. The highest BCUT2D eigenvalue weighted by Crippen LogP contribution is 2.52. The Morgan fingerprint density at radius 2 is 2.08 bits per heavy atom. The fraction of sp³-hybridized carbons (Fsp3) is 0.591. The number of likely N-dealkylation sites (tertiary alicyclic amines) is 1. The number of benzene rings is 1. The first-order valence-corrected chi connectivity index (χ1v) is 9.79. The van der Waals surface area contributed by atoms with Crippen LogP contribution in [0.5, 0.6) is 0 Å². The van der Waals surface area contributed by atoms with Crippen LogP contribution in [0.25, 0.3) is 0 Å². The molecule has 0 bridgehead atoms. The highest BCUT2D eigenvalue weighted by molar-refractivity contribution is 5.86. The fourth-order valence-electron chi connectivity index (χ4n) is 4.91. The van der Waals surface area contributed by atoms with Crippen LogP contribution in [0.1, 0.15) is 61.3 Å². The minimum atomic E-state index is -1.58. The van der Waals surface area contributed by atoms with Crippen LogP contribution >= 0.6 is 0 Å². The van der Waals surface area contributed by atoms with Crippen LogP contribution in [0.2, 0.25) is 0 Å². The van der Waals surface area contributed by atoms with Gasteiger partial charge in [-0.25, -0.2) is 4.39 Å². The Morgan fingerprint density at radius 3 is 2.69 bits per heavy atom. The molecule has 4 rings (SSSR count). The number of ether oxygens (including phenoxy) is 1. The molecule has 4 heteroatoms. The van der Waals surface area contributed by atoms with Crippen molar-refractivity contribution < 1.29 is 13.9 Å². The lowest BCUT2D eigenvalue weighted by Crippen LogP contribution is -2.54. The minimum Gasteiger partial charge on any atom is -0.369 e. The Balaban J connectivity index is 1.53. The third-order valence-corrected chi connectivity index (χ3v) is 6.66. The molecule has 3 nitrogen and oxygen atoms in total. The highest BCUT2D eigenvalue weighted by Gasteiger charge is 2.51. The standard InChI is InChI=1S/C22H28FNO2/c1-3-13-26-19-15-21(18-14-16(2)5-6-17(18)19)9-11-24(12-10-21)20(25)22(23)7-4-8-22/h3,5-6,14,19H,1,4,7-13,15H2,2H3. The largest absolute Gasteiger partial charge is 0.369 e. The van der Waals surface area contributed by atoms with Crippen LogP contribution in [0.3, 0.4) is 0 Å². The van der Waals surface area contributed by atoms with Gasteiger partial charge in [0.05, 0.1) is 12.7 Å². The van der Waals surface area contributed by atoms with Crippen molar-refractivity contribution in [2.45, 2.75) is 62.6 Å². The van der Waals surface area contributed by atoms with Gasteiger partial charge in [-0.05, 0) is 56.6 Å². The molecule has 0 N–H and O–H groups in total. The van der Waals surface area contributed by atoms with E-state index in [0.717, 1.165) is 25.7 Å². The number of nitrogens with zero attached hydrogens (tertiary/aromatic N) is 1. The van der Waals surface area contributed by atoms with E-state index in [1.165, 1.54) is 16.7 Å². The molecule has 0 aromatic heterocycles. The lowest BCUT2D eigenvalue weighted by Gasteiger charge is -2.44. The van der Waals surface area contributed by atoms with Crippen molar-refractivity contribution in [2.75, 3.05) is 19.7 Å². The second-order valence-corrected chi connectivity index (χ2v) is 8.30. The predicted molar refractivity (Wildman–Crippen MR) is 99.9 cm³/mol. The first-order valence-electron chi connectivity index (χ1n) is 9.79. The monoisotopic (exact) mass is 357 g/mol. The summed E-state index contributed by atoms with van der Waals surface area (Å²) in [6.45, 7) is 7.71. The van der Waals surface area contributed by atoms with Gasteiger partial charge in [0.2, 0.25) is 0 Å². The lowest BCUT2D eigenvalue weighted by molar-refractivity contribution is -0.151. The Morgan fingerprint density at radius 1 is 1.35 bits per heavy atom. The van der Waals surface area contributed by atoms with E-state index in [4.69, 9.17) is 4.74 Å². The van der Waals surface area contributed by atoms with Crippen molar-refractivity contribution >= 4 is 5.91 Å². The maximum Gasteiger partial charge on any atom is 0.260 e. The molecule has 1 atom stereocenters. The molecule has 26 heavy (non-hydrogen) atoms. The SMILES string of the molecule is C=CCOC1CC2(CCN(C(=O)C3(F)CCC3)CC2)c2cc(C)ccc21. The quantitative estimate of drug-likeness (QED) is 0.748. The normalized spacial score (nSPS) is 25.6. The molecule has 1 heterocycles. The van der Waals surface area contributed by atoms with Crippen LogP contribution in [0.15, 0.2) is 30.9 Å². The molecule has 1 spiro atoms. The van der Waals surface area contributed by atoms with E-state index in [1.807, 2.05) is 0 Å². The van der Waals surface area contributed by atoms with Crippen molar-refractivity contribution in [3.8, 4) is 0 Å². The second kappa shape index (κ2) is 6.49. The predicted octanol–water partition coefficient (Wildman–Crippen LogP) is 4.39. The number of halogens is 1. The van der Waals surface area contributed by atoms with Gasteiger partial charge < -0.3 is 9.64 Å². The average molecular weight is 357 g/mol. The Hall–Kier alpha value is -1.68. The second-order valence-electron chi connectivity index (χ2n) is 8.30. The maximum absolute atomic E-state index is 14.5. The van der Waals surface area contributed by atoms with Crippen LogP contribution in [0, 0.1) is 6.92 Å². The van der Waals surface area contributed by atoms with Gasteiger partial charge in [0.15, 0.2) is 5.67 Å². The van der Waals surface area contributed by atoms with Gasteiger partial charge in [0.1, 0.15) is 0 Å². The molecule has 3 aliphatic rings. The molecule has 140 valence electrons. The molecule has 1 unspecified atom stereocenters. The number of amides is 1. The Bertz CT molecular complexity index is 717. The van der Waals surface area contributed by atoms with Gasteiger partial charge in [-0.15, -0.1) is 6.58 Å². The third-order valence-electron chi connectivity index (χ3n) is 6.66. The van der Waals surface area contributed by atoms with E-state index < -0.39 is 5.67 Å². The van der Waals surface area contributed by atoms with Gasteiger partial charge in [-0.2, -0.15) is 0 Å². The molecule has 1 aromatic rings. The molecule has 0 radical (unpaired) electrons. The number of carbonyl (C=O) groups is 1. The molecule has 1 aromatic carbocycles. The summed E-state index contributed by atoms with van der Waals surface area (Å²) in [6, 6.07) is 6.62. The summed E-state index contributed by atoms with van der Waals surface area (Å²) in [6.07, 6.45) is 6.22. The van der Waals surface area contributed by atoms with Crippen molar-refractivity contribution in [1.29, 1.82) is 0 Å². The van der Waals surface area contributed by atoms with Gasteiger partial charge in [-0.3, -0.25) is 4.79 Å². The van der Waals surface area contributed by atoms with Gasteiger partial charge in [-0.1, -0.05) is 29.8 Å². The smallest absolute Gasteiger partial charge is 0.260 e. The summed E-state index contributed by atoms with van der Waals surface area (Å²) in [4.78, 5) is 14.3. The fourth-order valence-corrected chi connectivity index (χ4v) is 4.91. The summed E-state index contributed by atoms with van der Waals surface area (Å²) in [7, 11) is 0. The van der Waals surface area contributed by atoms with E-state index in [9.17, 15) is 9.18 Å². The number of carbonyl (C=O) groups excluding carboxylic acids is 1. The summed E-state index contributed by atoms with van der Waals surface area (Å²) in [5.74, 6) is -0.277. The van der Waals surface area contributed by atoms with E-state index in [0.29, 0.717) is 32.5 Å². The van der Waals surface area contributed by atoms with Crippen LogP contribution in [0.4, 0.5) is 4.39 Å². The van der Waals surface area contributed by atoms with Gasteiger partial charge >= 0.3 is 0 Å².